The molecule has 1 aromatic rings. The van der Waals surface area contributed by atoms with Crippen LogP contribution < -0.4 is 0 Å². The van der Waals surface area contributed by atoms with E-state index in [0.29, 0.717) is 12.0 Å². The summed E-state index contributed by atoms with van der Waals surface area (Å²) in [6.45, 7) is 2.73. The standard InChI is InChI=1S/C16H23N3O3/c1-11-5-6-15(22-11)16(21)19-7-3-4-13(19)8-14(20)12-9-17-18(2)10-12/h9-11,13,15H,3-8H2,1-2H3/t11-,13+,15+/m0/s1. The zero-order chi connectivity index (χ0) is 15.7. The van der Waals surface area contributed by atoms with Gasteiger partial charge in [-0.15, -0.1) is 0 Å². The lowest BCUT2D eigenvalue weighted by molar-refractivity contribution is -0.143. The van der Waals surface area contributed by atoms with Crippen LogP contribution in [0.5, 0.6) is 0 Å². The van der Waals surface area contributed by atoms with E-state index in [1.54, 1.807) is 24.1 Å². The Balaban J connectivity index is 1.63. The number of hydrogen-bond donors (Lipinski definition) is 0. The Bertz CT molecular complexity index is 569. The SMILES string of the molecule is C[C@H]1CC[C@H](C(=O)N2CCC[C@@H]2CC(=O)c2cnn(C)c2)O1. The van der Waals surface area contributed by atoms with Gasteiger partial charge < -0.3 is 9.64 Å². The van der Waals surface area contributed by atoms with Crippen molar-refractivity contribution < 1.29 is 14.3 Å². The van der Waals surface area contributed by atoms with Crippen molar-refractivity contribution in [2.24, 2.45) is 7.05 Å². The van der Waals surface area contributed by atoms with Crippen LogP contribution in [0.3, 0.4) is 0 Å². The number of carbonyl (C=O) groups is 2. The van der Waals surface area contributed by atoms with E-state index in [1.807, 2.05) is 11.8 Å². The lowest BCUT2D eigenvalue weighted by Crippen LogP contribution is -2.42. The molecule has 2 aliphatic rings. The van der Waals surface area contributed by atoms with Crippen LogP contribution >= 0.6 is 0 Å². The fraction of sp³-hybridized carbons (Fsp3) is 0.688. The minimum Gasteiger partial charge on any atom is -0.365 e. The molecule has 0 bridgehead atoms. The highest BCUT2D eigenvalue weighted by atomic mass is 16.5. The van der Waals surface area contributed by atoms with E-state index in [-0.39, 0.29) is 29.9 Å². The number of nitrogens with zero attached hydrogens (tertiary/aromatic N) is 3. The minimum atomic E-state index is -0.316. The van der Waals surface area contributed by atoms with Crippen molar-refractivity contribution in [3.05, 3.63) is 18.0 Å². The molecule has 3 rings (SSSR count). The van der Waals surface area contributed by atoms with E-state index in [2.05, 4.69) is 5.10 Å². The van der Waals surface area contributed by atoms with Gasteiger partial charge in [-0.2, -0.15) is 5.10 Å². The van der Waals surface area contributed by atoms with Gasteiger partial charge in [0.1, 0.15) is 6.10 Å². The van der Waals surface area contributed by atoms with Crippen LogP contribution in [-0.4, -0.2) is 51.2 Å². The molecule has 6 heteroatoms. The first-order chi connectivity index (χ1) is 10.5. The third-order valence-electron chi connectivity index (χ3n) is 4.62. The number of hydrogen-bond acceptors (Lipinski definition) is 4. The molecule has 2 saturated heterocycles. The monoisotopic (exact) mass is 305 g/mol. The fourth-order valence-electron chi connectivity index (χ4n) is 3.40. The number of aromatic nitrogens is 2. The van der Waals surface area contributed by atoms with Crippen LogP contribution in [0.4, 0.5) is 0 Å². The van der Waals surface area contributed by atoms with Gasteiger partial charge in [-0.3, -0.25) is 14.3 Å². The maximum Gasteiger partial charge on any atom is 0.251 e. The molecule has 120 valence electrons. The van der Waals surface area contributed by atoms with Crippen LogP contribution in [0, 0.1) is 0 Å². The average Bonchev–Trinajstić information content (AvgIpc) is 3.19. The van der Waals surface area contributed by atoms with E-state index >= 15 is 0 Å². The molecule has 0 radical (unpaired) electrons. The van der Waals surface area contributed by atoms with E-state index < -0.39 is 0 Å². The molecule has 0 aromatic carbocycles. The fourth-order valence-corrected chi connectivity index (χ4v) is 3.40. The smallest absolute Gasteiger partial charge is 0.251 e. The molecule has 0 spiro atoms. The van der Waals surface area contributed by atoms with E-state index in [0.717, 1.165) is 32.2 Å². The quantitative estimate of drug-likeness (QED) is 0.792. The molecule has 0 aliphatic carbocycles. The molecule has 6 nitrogen and oxygen atoms in total. The molecule has 2 fully saturated rings. The second kappa shape index (κ2) is 6.20. The molecular formula is C16H23N3O3. The molecule has 0 saturated carbocycles. The molecular weight excluding hydrogens is 282 g/mol. The van der Waals surface area contributed by atoms with Gasteiger partial charge in [0, 0.05) is 32.3 Å². The summed E-state index contributed by atoms with van der Waals surface area (Å²) in [7, 11) is 1.79. The van der Waals surface area contributed by atoms with Gasteiger partial charge in [0.2, 0.25) is 0 Å². The second-order valence-electron chi connectivity index (χ2n) is 6.37. The van der Waals surface area contributed by atoms with E-state index in [9.17, 15) is 9.59 Å². The predicted molar refractivity (Wildman–Crippen MR) is 80.5 cm³/mol. The van der Waals surface area contributed by atoms with Crippen LogP contribution in [0.25, 0.3) is 0 Å². The van der Waals surface area contributed by atoms with Gasteiger partial charge in [-0.1, -0.05) is 0 Å². The maximum absolute atomic E-state index is 12.6. The lowest BCUT2D eigenvalue weighted by atomic mass is 10.0. The number of Topliss-reactive ketones (excluding diaryl/α,β-unsaturated/α-hetero) is 1. The second-order valence-corrected chi connectivity index (χ2v) is 6.37. The van der Waals surface area contributed by atoms with Crippen molar-refractivity contribution >= 4 is 11.7 Å². The van der Waals surface area contributed by atoms with Crippen LogP contribution in [-0.2, 0) is 16.6 Å². The number of ether oxygens (including phenoxy) is 1. The predicted octanol–water partition coefficient (Wildman–Crippen LogP) is 1.55. The summed E-state index contributed by atoms with van der Waals surface area (Å²) in [5.74, 6) is 0.115. The minimum absolute atomic E-state index is 0.000266. The van der Waals surface area contributed by atoms with Crippen molar-refractivity contribution in [2.45, 2.75) is 57.3 Å². The first-order valence-electron chi connectivity index (χ1n) is 8.02. The average molecular weight is 305 g/mol. The molecule has 3 atom stereocenters. The molecule has 1 amide bonds. The summed E-state index contributed by atoms with van der Waals surface area (Å²) < 4.78 is 7.31. The van der Waals surface area contributed by atoms with Crippen molar-refractivity contribution in [1.82, 2.24) is 14.7 Å². The molecule has 22 heavy (non-hydrogen) atoms. The van der Waals surface area contributed by atoms with Crippen LogP contribution in [0.2, 0.25) is 0 Å². The van der Waals surface area contributed by atoms with Gasteiger partial charge in [0.25, 0.3) is 5.91 Å². The van der Waals surface area contributed by atoms with Gasteiger partial charge in [-0.05, 0) is 32.6 Å². The zero-order valence-corrected chi connectivity index (χ0v) is 13.2. The van der Waals surface area contributed by atoms with Crippen molar-refractivity contribution in [2.75, 3.05) is 6.54 Å². The highest BCUT2D eigenvalue weighted by molar-refractivity contribution is 5.96. The summed E-state index contributed by atoms with van der Waals surface area (Å²) in [6, 6.07) is -0.000266. The Kier molecular flexibility index (Phi) is 4.29. The van der Waals surface area contributed by atoms with E-state index in [1.165, 1.54) is 0 Å². The van der Waals surface area contributed by atoms with E-state index in [4.69, 9.17) is 4.74 Å². The third kappa shape index (κ3) is 3.06. The Morgan fingerprint density at radius 1 is 1.36 bits per heavy atom. The Hall–Kier alpha value is -1.69. The molecule has 0 N–H and O–H groups in total. The van der Waals surface area contributed by atoms with Crippen LogP contribution in [0.1, 0.15) is 49.4 Å². The largest absolute Gasteiger partial charge is 0.365 e. The van der Waals surface area contributed by atoms with Gasteiger partial charge in [-0.25, -0.2) is 0 Å². The van der Waals surface area contributed by atoms with Gasteiger partial charge in [0.15, 0.2) is 5.78 Å². The molecule has 2 aliphatic heterocycles. The zero-order valence-electron chi connectivity index (χ0n) is 13.2. The van der Waals surface area contributed by atoms with Crippen molar-refractivity contribution in [3.8, 4) is 0 Å². The van der Waals surface area contributed by atoms with Crippen molar-refractivity contribution in [3.63, 3.8) is 0 Å². The summed E-state index contributed by atoms with van der Waals surface area (Å²) in [5, 5.41) is 4.03. The Morgan fingerprint density at radius 3 is 2.82 bits per heavy atom. The number of ketones is 1. The van der Waals surface area contributed by atoms with Gasteiger partial charge >= 0.3 is 0 Å². The summed E-state index contributed by atoms with van der Waals surface area (Å²) >= 11 is 0. The molecule has 3 heterocycles. The summed E-state index contributed by atoms with van der Waals surface area (Å²) in [5.41, 5.74) is 0.618. The van der Waals surface area contributed by atoms with Crippen molar-refractivity contribution in [1.29, 1.82) is 0 Å². The highest BCUT2D eigenvalue weighted by Crippen LogP contribution is 2.27. The number of aryl methyl sites for hydroxylation is 1. The normalized spacial score (nSPS) is 28.3. The summed E-state index contributed by atoms with van der Waals surface area (Å²) in [4.78, 5) is 26.8. The number of amides is 1. The third-order valence-corrected chi connectivity index (χ3v) is 4.62. The Morgan fingerprint density at radius 2 is 2.18 bits per heavy atom. The number of likely N-dealkylation sites (tertiary alicyclic amines) is 1. The van der Waals surface area contributed by atoms with Gasteiger partial charge in [0.05, 0.1) is 17.9 Å². The topological polar surface area (TPSA) is 64.4 Å². The molecule has 0 unspecified atom stereocenters. The highest BCUT2D eigenvalue weighted by Gasteiger charge is 2.37. The number of rotatable bonds is 4. The summed E-state index contributed by atoms with van der Waals surface area (Å²) in [6.07, 6.45) is 7.11. The number of carbonyl (C=O) groups excluding carboxylic acids is 2. The first kappa shape index (κ1) is 15.2. The lowest BCUT2D eigenvalue weighted by Gasteiger charge is -2.26. The van der Waals surface area contributed by atoms with Crippen LogP contribution in [0.15, 0.2) is 12.4 Å². The molecule has 1 aromatic heterocycles. The Labute approximate surface area is 130 Å². The maximum atomic E-state index is 12.6. The first-order valence-corrected chi connectivity index (χ1v) is 8.02.